The Morgan fingerprint density at radius 3 is 2.52 bits per heavy atom. The molecule has 1 unspecified atom stereocenters. The molecule has 1 N–H and O–H groups in total. The first-order valence-corrected chi connectivity index (χ1v) is 8.06. The van der Waals surface area contributed by atoms with Crippen molar-refractivity contribution in [2.24, 2.45) is 5.92 Å². The van der Waals surface area contributed by atoms with Crippen molar-refractivity contribution in [1.82, 2.24) is 4.90 Å². The number of amides is 1. The molecular formula is C16H27NO4. The van der Waals surface area contributed by atoms with Gasteiger partial charge < -0.3 is 19.5 Å². The highest BCUT2D eigenvalue weighted by molar-refractivity contribution is 5.69. The highest BCUT2D eigenvalue weighted by Gasteiger charge is 2.54. The fourth-order valence-corrected chi connectivity index (χ4v) is 3.73. The zero-order valence-electron chi connectivity index (χ0n) is 13.4. The van der Waals surface area contributed by atoms with Gasteiger partial charge in [0.15, 0.2) is 0 Å². The van der Waals surface area contributed by atoms with Crippen LogP contribution in [-0.4, -0.2) is 52.6 Å². The average molecular weight is 297 g/mol. The molecule has 2 saturated heterocycles. The molecule has 0 aromatic carbocycles. The van der Waals surface area contributed by atoms with Crippen molar-refractivity contribution in [3.8, 4) is 0 Å². The summed E-state index contributed by atoms with van der Waals surface area (Å²) in [6, 6.07) is 0. The van der Waals surface area contributed by atoms with E-state index in [-0.39, 0.29) is 17.6 Å². The zero-order chi connectivity index (χ0) is 15.3. The monoisotopic (exact) mass is 297 g/mol. The lowest BCUT2D eigenvalue weighted by Gasteiger charge is -2.55. The van der Waals surface area contributed by atoms with Crippen LogP contribution in [0, 0.1) is 5.92 Å². The number of hydrogen-bond acceptors (Lipinski definition) is 4. The maximum Gasteiger partial charge on any atom is 0.410 e. The van der Waals surface area contributed by atoms with Crippen molar-refractivity contribution in [3.63, 3.8) is 0 Å². The van der Waals surface area contributed by atoms with Gasteiger partial charge in [-0.1, -0.05) is 0 Å². The third-order valence-corrected chi connectivity index (χ3v) is 5.10. The van der Waals surface area contributed by atoms with Crippen molar-refractivity contribution in [2.75, 3.05) is 19.7 Å². The molecule has 120 valence electrons. The molecule has 0 bridgehead atoms. The predicted molar refractivity (Wildman–Crippen MR) is 78.0 cm³/mol. The highest BCUT2D eigenvalue weighted by Crippen LogP contribution is 2.48. The second-order valence-corrected chi connectivity index (χ2v) is 8.01. The van der Waals surface area contributed by atoms with Crippen LogP contribution in [0.1, 0.15) is 52.9 Å². The molecule has 0 radical (unpaired) electrons. The van der Waals surface area contributed by atoms with Crippen molar-refractivity contribution in [2.45, 2.75) is 69.7 Å². The Bertz CT molecular complexity index is 418. The molecule has 1 spiro atoms. The third kappa shape index (κ3) is 2.90. The molecule has 3 rings (SSSR count). The second-order valence-electron chi connectivity index (χ2n) is 8.01. The number of likely N-dealkylation sites (tertiary alicyclic amines) is 1. The van der Waals surface area contributed by atoms with E-state index >= 15 is 0 Å². The van der Waals surface area contributed by atoms with Crippen molar-refractivity contribution < 1.29 is 19.4 Å². The zero-order valence-corrected chi connectivity index (χ0v) is 13.4. The lowest BCUT2D eigenvalue weighted by atomic mass is 9.66. The van der Waals surface area contributed by atoms with Crippen LogP contribution in [0.2, 0.25) is 0 Å². The molecule has 3 aliphatic rings. The highest BCUT2D eigenvalue weighted by atomic mass is 16.6. The third-order valence-electron chi connectivity index (χ3n) is 5.10. The van der Waals surface area contributed by atoms with Gasteiger partial charge in [-0.25, -0.2) is 4.79 Å². The number of rotatable bonds is 1. The molecule has 2 aliphatic heterocycles. The van der Waals surface area contributed by atoms with E-state index in [1.165, 1.54) is 6.42 Å². The molecule has 0 aromatic heterocycles. The van der Waals surface area contributed by atoms with Crippen LogP contribution in [0.25, 0.3) is 0 Å². The van der Waals surface area contributed by atoms with Gasteiger partial charge in [0.2, 0.25) is 0 Å². The summed E-state index contributed by atoms with van der Waals surface area (Å²) >= 11 is 0. The first-order valence-electron chi connectivity index (χ1n) is 8.06. The summed E-state index contributed by atoms with van der Waals surface area (Å²) in [6.45, 7) is 7.09. The number of aliphatic hydroxyl groups is 1. The molecular weight excluding hydrogens is 270 g/mol. The summed E-state index contributed by atoms with van der Waals surface area (Å²) in [6.07, 6.45) is 4.98. The number of carbonyl (C=O) groups is 1. The van der Waals surface area contributed by atoms with Gasteiger partial charge in [0.1, 0.15) is 11.2 Å². The largest absolute Gasteiger partial charge is 0.444 e. The van der Waals surface area contributed by atoms with Crippen molar-refractivity contribution >= 4 is 6.09 Å². The Kier molecular flexibility index (Phi) is 3.49. The smallest absolute Gasteiger partial charge is 0.410 e. The Labute approximate surface area is 126 Å². The summed E-state index contributed by atoms with van der Waals surface area (Å²) in [7, 11) is 0. The molecule has 1 saturated carbocycles. The van der Waals surface area contributed by atoms with Crippen LogP contribution < -0.4 is 0 Å². The van der Waals surface area contributed by atoms with E-state index in [1.54, 1.807) is 4.90 Å². The van der Waals surface area contributed by atoms with E-state index in [0.717, 1.165) is 32.3 Å². The van der Waals surface area contributed by atoms with E-state index in [2.05, 4.69) is 0 Å². The summed E-state index contributed by atoms with van der Waals surface area (Å²) in [5.41, 5.74) is -1.20. The maximum absolute atomic E-state index is 12.0. The number of hydrogen-bond donors (Lipinski definition) is 1. The van der Waals surface area contributed by atoms with Gasteiger partial charge in [0, 0.05) is 6.61 Å². The molecule has 3 fully saturated rings. The lowest BCUT2D eigenvalue weighted by molar-refractivity contribution is -0.202. The van der Waals surface area contributed by atoms with Gasteiger partial charge in [-0.3, -0.25) is 0 Å². The molecule has 2 heterocycles. The van der Waals surface area contributed by atoms with Crippen molar-refractivity contribution in [1.29, 1.82) is 0 Å². The van der Waals surface area contributed by atoms with Gasteiger partial charge >= 0.3 is 6.09 Å². The van der Waals surface area contributed by atoms with Gasteiger partial charge in [-0.05, 0) is 58.8 Å². The maximum atomic E-state index is 12.0. The van der Waals surface area contributed by atoms with Crippen molar-refractivity contribution in [3.05, 3.63) is 0 Å². The second kappa shape index (κ2) is 4.85. The van der Waals surface area contributed by atoms with E-state index in [4.69, 9.17) is 9.47 Å². The molecule has 1 amide bonds. The predicted octanol–water partition coefficient (Wildman–Crippen LogP) is 2.32. The van der Waals surface area contributed by atoms with E-state index in [0.29, 0.717) is 13.1 Å². The summed E-state index contributed by atoms with van der Waals surface area (Å²) in [4.78, 5) is 13.6. The quantitative estimate of drug-likeness (QED) is 0.807. The minimum atomic E-state index is -0.747. The number of ether oxygens (including phenoxy) is 2. The fourth-order valence-electron chi connectivity index (χ4n) is 3.73. The molecule has 21 heavy (non-hydrogen) atoms. The Morgan fingerprint density at radius 2 is 2.00 bits per heavy atom. The fraction of sp³-hybridized carbons (Fsp3) is 0.938. The molecule has 5 nitrogen and oxygen atoms in total. The Hall–Kier alpha value is -0.810. The normalized spacial score (nSPS) is 30.5. The van der Waals surface area contributed by atoms with E-state index < -0.39 is 11.2 Å². The van der Waals surface area contributed by atoms with Gasteiger partial charge in [0.25, 0.3) is 0 Å². The first-order chi connectivity index (χ1) is 9.72. The SMILES string of the molecule is CC(C)(C)OC(=O)N1CC(O)(C2CCOC3(CCC3)C2)C1. The van der Waals surface area contributed by atoms with Gasteiger partial charge in [-0.2, -0.15) is 0 Å². The average Bonchev–Trinajstić information content (AvgIpc) is 2.31. The van der Waals surface area contributed by atoms with Gasteiger partial charge in [0.05, 0.1) is 18.7 Å². The molecule has 5 heteroatoms. The number of β-amino-alcohol motifs (C(OH)–C–C–N with tert-alkyl or cyclic N) is 1. The van der Waals surface area contributed by atoms with Crippen LogP contribution >= 0.6 is 0 Å². The Balaban J connectivity index is 1.55. The summed E-state index contributed by atoms with van der Waals surface area (Å²) in [5, 5.41) is 10.8. The number of carbonyl (C=O) groups excluding carboxylic acids is 1. The molecule has 1 atom stereocenters. The van der Waals surface area contributed by atoms with E-state index in [1.807, 2.05) is 20.8 Å². The minimum absolute atomic E-state index is 0.0327. The van der Waals surface area contributed by atoms with Crippen LogP contribution in [0.5, 0.6) is 0 Å². The summed E-state index contributed by atoms with van der Waals surface area (Å²) in [5.74, 6) is 0.241. The minimum Gasteiger partial charge on any atom is -0.444 e. The first kappa shape index (κ1) is 15.1. The standard InChI is InChI=1S/C16H27NO4/c1-14(2,3)21-13(18)17-10-16(19,11-17)12-5-8-20-15(9-12)6-4-7-15/h12,19H,4-11H2,1-3H3. The lowest BCUT2D eigenvalue weighted by Crippen LogP contribution is -2.69. The van der Waals surface area contributed by atoms with Crippen LogP contribution in [0.15, 0.2) is 0 Å². The molecule has 0 aromatic rings. The Morgan fingerprint density at radius 1 is 1.33 bits per heavy atom. The number of nitrogens with zero attached hydrogens (tertiary/aromatic N) is 1. The van der Waals surface area contributed by atoms with Crippen LogP contribution in [-0.2, 0) is 9.47 Å². The topological polar surface area (TPSA) is 59.0 Å². The van der Waals surface area contributed by atoms with Crippen LogP contribution in [0.3, 0.4) is 0 Å². The summed E-state index contributed by atoms with van der Waals surface area (Å²) < 4.78 is 11.3. The van der Waals surface area contributed by atoms with Crippen LogP contribution in [0.4, 0.5) is 4.79 Å². The van der Waals surface area contributed by atoms with E-state index in [9.17, 15) is 9.90 Å². The molecule has 1 aliphatic carbocycles. The van der Waals surface area contributed by atoms with Gasteiger partial charge in [-0.15, -0.1) is 0 Å².